The summed E-state index contributed by atoms with van der Waals surface area (Å²) in [6, 6.07) is 6.37. The molecule has 3 N–H and O–H groups in total. The van der Waals surface area contributed by atoms with Gasteiger partial charge in [0.1, 0.15) is 0 Å². The summed E-state index contributed by atoms with van der Waals surface area (Å²) in [5.41, 5.74) is 0.937. The first kappa shape index (κ1) is 24.4. The number of nitro groups is 1. The minimum atomic E-state index is -0.407. The van der Waals surface area contributed by atoms with Gasteiger partial charge >= 0.3 is 0 Å². The summed E-state index contributed by atoms with van der Waals surface area (Å²) in [6.07, 6.45) is 3.20. The second kappa shape index (κ2) is 15.6. The minimum Gasteiger partial charge on any atom is -0.383 e. The highest BCUT2D eigenvalue weighted by Crippen LogP contribution is 2.14. The molecule has 0 fully saturated rings. The molecule has 0 atom stereocenters. The first-order chi connectivity index (χ1) is 12.2. The summed E-state index contributed by atoms with van der Waals surface area (Å²) in [5.74, 6) is 0.749. The van der Waals surface area contributed by atoms with E-state index in [2.05, 4.69) is 27.9 Å². The molecule has 0 amide bonds. The van der Waals surface area contributed by atoms with Crippen LogP contribution >= 0.6 is 24.0 Å². The average molecular weight is 479 g/mol. The highest BCUT2D eigenvalue weighted by atomic mass is 127. The van der Waals surface area contributed by atoms with Crippen LogP contribution in [0, 0.1) is 10.1 Å². The molecule has 1 aromatic carbocycles. The van der Waals surface area contributed by atoms with E-state index in [1.54, 1.807) is 19.2 Å². The summed E-state index contributed by atoms with van der Waals surface area (Å²) in [5, 5.41) is 20.2. The van der Waals surface area contributed by atoms with Gasteiger partial charge in [0.25, 0.3) is 5.69 Å². The summed E-state index contributed by atoms with van der Waals surface area (Å²) in [7, 11) is 1.73. The summed E-state index contributed by atoms with van der Waals surface area (Å²) in [4.78, 5) is 14.4. The van der Waals surface area contributed by atoms with Crippen LogP contribution in [0.15, 0.2) is 29.3 Å². The number of nitrogens with one attached hydrogen (secondary N) is 3. The van der Waals surface area contributed by atoms with Crippen LogP contribution in [0.1, 0.15) is 26.2 Å². The molecule has 0 saturated carbocycles. The predicted molar refractivity (Wildman–Crippen MR) is 117 cm³/mol. The zero-order valence-electron chi connectivity index (χ0n) is 15.5. The van der Waals surface area contributed by atoms with Gasteiger partial charge in [0, 0.05) is 57.7 Å². The fourth-order valence-corrected chi connectivity index (χ4v) is 2.04. The number of rotatable bonds is 12. The van der Waals surface area contributed by atoms with Crippen molar-refractivity contribution in [1.29, 1.82) is 0 Å². The lowest BCUT2D eigenvalue weighted by molar-refractivity contribution is -0.384. The summed E-state index contributed by atoms with van der Waals surface area (Å²) >= 11 is 0. The highest BCUT2D eigenvalue weighted by molar-refractivity contribution is 14.0. The number of benzene rings is 1. The van der Waals surface area contributed by atoms with E-state index in [0.717, 1.165) is 50.7 Å². The Hall–Kier alpha value is -1.62. The number of ether oxygens (including phenoxy) is 1. The van der Waals surface area contributed by atoms with Gasteiger partial charge in [-0.2, -0.15) is 0 Å². The highest BCUT2D eigenvalue weighted by Gasteiger charge is 2.03. The number of unbranched alkanes of at least 4 members (excludes halogenated alkanes) is 1. The number of aliphatic imine (C=N–C) groups is 1. The normalized spacial score (nSPS) is 10.8. The van der Waals surface area contributed by atoms with Crippen molar-refractivity contribution in [1.82, 2.24) is 10.6 Å². The van der Waals surface area contributed by atoms with E-state index in [1.165, 1.54) is 12.1 Å². The van der Waals surface area contributed by atoms with Gasteiger partial charge in [0.05, 0.1) is 4.92 Å². The largest absolute Gasteiger partial charge is 0.383 e. The Bertz CT molecular complexity index is 526. The van der Waals surface area contributed by atoms with Gasteiger partial charge < -0.3 is 20.7 Å². The number of nitro benzene ring substituents is 1. The Labute approximate surface area is 172 Å². The monoisotopic (exact) mass is 479 g/mol. The third-order valence-electron chi connectivity index (χ3n) is 3.45. The van der Waals surface area contributed by atoms with Crippen LogP contribution in [0.4, 0.5) is 11.4 Å². The third-order valence-corrected chi connectivity index (χ3v) is 3.45. The molecule has 0 radical (unpaired) electrons. The lowest BCUT2D eigenvalue weighted by atomic mass is 10.3. The number of anilines is 1. The molecule has 26 heavy (non-hydrogen) atoms. The van der Waals surface area contributed by atoms with Gasteiger partial charge in [-0.3, -0.25) is 15.1 Å². The van der Waals surface area contributed by atoms with Gasteiger partial charge in [-0.05, 0) is 25.0 Å². The van der Waals surface area contributed by atoms with Crippen molar-refractivity contribution >= 4 is 41.3 Å². The van der Waals surface area contributed by atoms with Gasteiger partial charge in [-0.15, -0.1) is 24.0 Å². The molecule has 0 saturated heterocycles. The Balaban J connectivity index is 0.00000625. The molecule has 9 heteroatoms. The van der Waals surface area contributed by atoms with Crippen molar-refractivity contribution in [3.05, 3.63) is 34.4 Å². The number of hydrogen-bond donors (Lipinski definition) is 3. The minimum absolute atomic E-state index is 0. The fourth-order valence-electron chi connectivity index (χ4n) is 2.04. The number of nitrogens with zero attached hydrogens (tertiary/aromatic N) is 2. The topological polar surface area (TPSA) is 101 Å². The molecule has 0 aromatic heterocycles. The van der Waals surface area contributed by atoms with E-state index in [1.807, 2.05) is 0 Å². The molecular formula is C17H30IN5O3. The maximum atomic E-state index is 10.6. The van der Waals surface area contributed by atoms with Crippen LogP contribution < -0.4 is 16.0 Å². The molecule has 0 unspecified atom stereocenters. The van der Waals surface area contributed by atoms with Crippen LogP contribution in [-0.4, -0.2) is 50.8 Å². The maximum absolute atomic E-state index is 10.6. The molecular weight excluding hydrogens is 449 g/mol. The quantitative estimate of drug-likeness (QED) is 0.106. The molecule has 0 aliphatic rings. The zero-order chi connectivity index (χ0) is 18.3. The predicted octanol–water partition coefficient (Wildman–Crippen LogP) is 3.00. The molecule has 0 aliphatic heterocycles. The molecule has 0 aliphatic carbocycles. The van der Waals surface area contributed by atoms with E-state index in [-0.39, 0.29) is 29.7 Å². The Morgan fingerprint density at radius 2 is 1.77 bits per heavy atom. The SMILES string of the molecule is CCCCOCCCNC(=NC)NCCNc1ccc([N+](=O)[O-])cc1.I. The first-order valence-corrected chi connectivity index (χ1v) is 8.68. The van der Waals surface area contributed by atoms with Crippen molar-refractivity contribution in [2.45, 2.75) is 26.2 Å². The van der Waals surface area contributed by atoms with Crippen LogP contribution in [-0.2, 0) is 4.74 Å². The van der Waals surface area contributed by atoms with Gasteiger partial charge in [0.2, 0.25) is 0 Å². The van der Waals surface area contributed by atoms with Crippen LogP contribution in [0.25, 0.3) is 0 Å². The van der Waals surface area contributed by atoms with Crippen molar-refractivity contribution in [3.8, 4) is 0 Å². The van der Waals surface area contributed by atoms with Crippen molar-refractivity contribution in [2.24, 2.45) is 4.99 Å². The number of halogens is 1. The zero-order valence-corrected chi connectivity index (χ0v) is 17.8. The summed E-state index contributed by atoms with van der Waals surface area (Å²) < 4.78 is 5.51. The van der Waals surface area contributed by atoms with Gasteiger partial charge in [0.15, 0.2) is 5.96 Å². The van der Waals surface area contributed by atoms with E-state index >= 15 is 0 Å². The average Bonchev–Trinajstić information content (AvgIpc) is 2.63. The number of non-ortho nitro benzene ring substituents is 1. The van der Waals surface area contributed by atoms with E-state index in [9.17, 15) is 10.1 Å². The van der Waals surface area contributed by atoms with Crippen molar-refractivity contribution < 1.29 is 9.66 Å². The van der Waals surface area contributed by atoms with E-state index in [0.29, 0.717) is 13.1 Å². The second-order valence-electron chi connectivity index (χ2n) is 5.48. The standard InChI is InChI=1S/C17H29N5O3.HI/c1-3-4-13-25-14-5-10-20-17(18-2)21-12-11-19-15-6-8-16(9-7-15)22(23)24;/h6-9,19H,3-5,10-14H2,1-2H3,(H2,18,20,21);1H. The fraction of sp³-hybridized carbons (Fsp3) is 0.588. The third kappa shape index (κ3) is 11.1. The summed E-state index contributed by atoms with van der Waals surface area (Å²) in [6.45, 7) is 5.91. The Morgan fingerprint density at radius 1 is 1.12 bits per heavy atom. The molecule has 0 bridgehead atoms. The second-order valence-corrected chi connectivity index (χ2v) is 5.48. The molecule has 1 aromatic rings. The van der Waals surface area contributed by atoms with Crippen LogP contribution in [0.3, 0.4) is 0 Å². The lowest BCUT2D eigenvalue weighted by Gasteiger charge is -2.12. The van der Waals surface area contributed by atoms with Crippen LogP contribution in [0.5, 0.6) is 0 Å². The van der Waals surface area contributed by atoms with Gasteiger partial charge in [-0.1, -0.05) is 13.3 Å². The smallest absolute Gasteiger partial charge is 0.269 e. The molecule has 1 rings (SSSR count). The first-order valence-electron chi connectivity index (χ1n) is 8.68. The number of hydrogen-bond acceptors (Lipinski definition) is 5. The maximum Gasteiger partial charge on any atom is 0.269 e. The van der Waals surface area contributed by atoms with Gasteiger partial charge in [-0.25, -0.2) is 0 Å². The number of guanidine groups is 1. The van der Waals surface area contributed by atoms with Crippen LogP contribution in [0.2, 0.25) is 0 Å². The molecule has 8 nitrogen and oxygen atoms in total. The lowest BCUT2D eigenvalue weighted by Crippen LogP contribution is -2.40. The Kier molecular flexibility index (Phi) is 14.6. The van der Waals surface area contributed by atoms with Crippen molar-refractivity contribution in [2.75, 3.05) is 45.2 Å². The Morgan fingerprint density at radius 3 is 2.38 bits per heavy atom. The molecule has 0 spiro atoms. The molecule has 0 heterocycles. The van der Waals surface area contributed by atoms with E-state index < -0.39 is 4.92 Å². The van der Waals surface area contributed by atoms with E-state index in [4.69, 9.17) is 4.74 Å². The molecule has 148 valence electrons. The van der Waals surface area contributed by atoms with Crippen molar-refractivity contribution in [3.63, 3.8) is 0 Å².